The fourth-order valence-corrected chi connectivity index (χ4v) is 5.87. The van der Waals surface area contributed by atoms with Gasteiger partial charge in [-0.3, -0.25) is 4.90 Å². The van der Waals surface area contributed by atoms with E-state index in [0.29, 0.717) is 0 Å². The Hall–Kier alpha value is -3.53. The minimum atomic E-state index is -0.474. The summed E-state index contributed by atoms with van der Waals surface area (Å²) in [5, 5.41) is 2.55. The van der Waals surface area contributed by atoms with Crippen LogP contribution in [0.15, 0.2) is 78.9 Å². The number of carbonyl (C=O) groups excluding carboxylic acids is 1. The largest absolute Gasteiger partial charge is 0.444 e. The highest BCUT2D eigenvalue weighted by Gasteiger charge is 2.39. The van der Waals surface area contributed by atoms with E-state index in [9.17, 15) is 4.79 Å². The molecule has 2 atom stereocenters. The van der Waals surface area contributed by atoms with Gasteiger partial charge in [0, 0.05) is 22.5 Å². The predicted molar refractivity (Wildman–Crippen MR) is 143 cm³/mol. The van der Waals surface area contributed by atoms with Crippen LogP contribution in [0.3, 0.4) is 0 Å². The highest BCUT2D eigenvalue weighted by molar-refractivity contribution is 6.09. The van der Waals surface area contributed by atoms with Crippen LogP contribution in [-0.4, -0.2) is 33.2 Å². The summed E-state index contributed by atoms with van der Waals surface area (Å²) in [5.74, 6) is 0. The van der Waals surface area contributed by atoms with Gasteiger partial charge in [0.05, 0.1) is 17.1 Å². The van der Waals surface area contributed by atoms with Crippen molar-refractivity contribution in [1.82, 2.24) is 9.47 Å². The number of benzene rings is 3. The normalized spacial score (nSPS) is 20.2. The number of rotatable bonds is 2. The average molecular weight is 465 g/mol. The smallest absolute Gasteiger partial charge is 0.411 e. The van der Waals surface area contributed by atoms with E-state index in [0.717, 1.165) is 31.4 Å². The molecule has 1 saturated heterocycles. The van der Waals surface area contributed by atoms with Gasteiger partial charge in [-0.1, -0.05) is 54.6 Å². The second-order valence-corrected chi connectivity index (χ2v) is 10.9. The third-order valence-corrected chi connectivity index (χ3v) is 7.32. The van der Waals surface area contributed by atoms with Crippen molar-refractivity contribution in [3.63, 3.8) is 0 Å². The molecule has 178 valence electrons. The van der Waals surface area contributed by atoms with Crippen molar-refractivity contribution in [2.45, 2.75) is 64.1 Å². The van der Waals surface area contributed by atoms with Crippen LogP contribution in [0.4, 0.5) is 4.79 Å². The van der Waals surface area contributed by atoms with E-state index in [-0.39, 0.29) is 18.2 Å². The van der Waals surface area contributed by atoms with Gasteiger partial charge in [0.15, 0.2) is 0 Å². The first kappa shape index (κ1) is 22.0. The molecule has 1 amide bonds. The number of ether oxygens (including phenoxy) is 1. The maximum Gasteiger partial charge on any atom is 0.411 e. The summed E-state index contributed by atoms with van der Waals surface area (Å²) in [4.78, 5) is 14.9. The van der Waals surface area contributed by atoms with E-state index in [4.69, 9.17) is 4.74 Å². The number of hydrogen-bond donors (Lipinski definition) is 0. The Morgan fingerprint density at radius 2 is 1.49 bits per heavy atom. The predicted octanol–water partition coefficient (Wildman–Crippen LogP) is 7.73. The van der Waals surface area contributed by atoms with Gasteiger partial charge in [-0.25, -0.2) is 4.79 Å². The Bertz CT molecular complexity index is 1390. The first-order valence-corrected chi connectivity index (χ1v) is 12.7. The number of fused-ring (bicyclic) bond motifs is 5. The molecule has 0 aliphatic carbocycles. The fraction of sp³-hybridized carbons (Fsp3) is 0.323. The molecular formula is C31H32N2O2. The lowest BCUT2D eigenvalue weighted by Crippen LogP contribution is -2.53. The molecule has 3 aromatic carbocycles. The SMILES string of the molecule is CC(C)(C)OC(=O)N1C2C=C(c3ccc(-n4c5ccccc5c5ccccc54)cc3)CC1CCC2. The maximum absolute atomic E-state index is 12.9. The number of piperidine rings is 1. The van der Waals surface area contributed by atoms with Crippen LogP contribution in [0.25, 0.3) is 33.1 Å². The molecule has 4 heteroatoms. The van der Waals surface area contributed by atoms with E-state index >= 15 is 0 Å². The molecule has 3 heterocycles. The molecule has 0 saturated carbocycles. The molecule has 0 spiro atoms. The first-order valence-electron chi connectivity index (χ1n) is 12.7. The topological polar surface area (TPSA) is 34.5 Å². The Kier molecular flexibility index (Phi) is 5.21. The summed E-state index contributed by atoms with van der Waals surface area (Å²) in [6, 6.07) is 26.5. The molecule has 1 fully saturated rings. The van der Waals surface area contributed by atoms with Crippen molar-refractivity contribution < 1.29 is 9.53 Å². The molecule has 2 aliphatic heterocycles. The van der Waals surface area contributed by atoms with Gasteiger partial charge in [0.25, 0.3) is 0 Å². The molecule has 6 rings (SSSR count). The summed E-state index contributed by atoms with van der Waals surface area (Å²) >= 11 is 0. The van der Waals surface area contributed by atoms with Crippen LogP contribution in [0.1, 0.15) is 52.0 Å². The maximum atomic E-state index is 12.9. The molecular weight excluding hydrogens is 432 g/mol. The lowest BCUT2D eigenvalue weighted by atomic mass is 9.83. The quantitative estimate of drug-likeness (QED) is 0.304. The van der Waals surface area contributed by atoms with E-state index in [1.54, 1.807) is 0 Å². The minimum Gasteiger partial charge on any atom is -0.444 e. The van der Waals surface area contributed by atoms with Crippen molar-refractivity contribution in [3.05, 3.63) is 84.4 Å². The molecule has 4 nitrogen and oxygen atoms in total. The lowest BCUT2D eigenvalue weighted by Gasteiger charge is -2.45. The van der Waals surface area contributed by atoms with Crippen molar-refractivity contribution >= 4 is 33.5 Å². The fourth-order valence-electron chi connectivity index (χ4n) is 5.87. The number of aromatic nitrogens is 1. The zero-order valence-corrected chi connectivity index (χ0v) is 20.7. The minimum absolute atomic E-state index is 0.115. The second-order valence-electron chi connectivity index (χ2n) is 10.9. The van der Waals surface area contributed by atoms with Crippen LogP contribution >= 0.6 is 0 Å². The summed E-state index contributed by atoms with van der Waals surface area (Å²) in [7, 11) is 0. The molecule has 2 bridgehead atoms. The summed E-state index contributed by atoms with van der Waals surface area (Å²) in [5.41, 5.74) is 5.72. The molecule has 35 heavy (non-hydrogen) atoms. The molecule has 0 N–H and O–H groups in total. The third-order valence-electron chi connectivity index (χ3n) is 7.32. The zero-order valence-electron chi connectivity index (χ0n) is 20.7. The molecule has 2 aliphatic rings. The average Bonchev–Trinajstić information content (AvgIpc) is 3.17. The summed E-state index contributed by atoms with van der Waals surface area (Å²) < 4.78 is 8.09. The number of para-hydroxylation sites is 2. The third kappa shape index (κ3) is 3.91. The number of carbonyl (C=O) groups is 1. The van der Waals surface area contributed by atoms with Crippen LogP contribution in [0.2, 0.25) is 0 Å². The van der Waals surface area contributed by atoms with Gasteiger partial charge < -0.3 is 9.30 Å². The molecule has 1 aromatic heterocycles. The Labute approximate surface area is 206 Å². The van der Waals surface area contributed by atoms with E-state index < -0.39 is 5.60 Å². The Morgan fingerprint density at radius 1 is 0.857 bits per heavy atom. The van der Waals surface area contributed by atoms with Crippen molar-refractivity contribution in [3.8, 4) is 5.69 Å². The van der Waals surface area contributed by atoms with Gasteiger partial charge >= 0.3 is 6.09 Å². The number of hydrogen-bond acceptors (Lipinski definition) is 2. The molecule has 0 radical (unpaired) electrons. The van der Waals surface area contributed by atoms with Gasteiger partial charge in [-0.2, -0.15) is 0 Å². The van der Waals surface area contributed by atoms with E-state index in [2.05, 4.69) is 83.4 Å². The first-order chi connectivity index (χ1) is 16.9. The van der Waals surface area contributed by atoms with Crippen LogP contribution in [0, 0.1) is 0 Å². The van der Waals surface area contributed by atoms with Gasteiger partial charge in [-0.05, 0) is 81.9 Å². The van der Waals surface area contributed by atoms with Crippen molar-refractivity contribution in [2.24, 2.45) is 0 Å². The van der Waals surface area contributed by atoms with E-state index in [1.807, 2.05) is 25.7 Å². The highest BCUT2D eigenvalue weighted by Crippen LogP contribution is 2.38. The Morgan fingerprint density at radius 3 is 2.09 bits per heavy atom. The second kappa shape index (κ2) is 8.30. The molecule has 4 aromatic rings. The number of nitrogens with zero attached hydrogens (tertiary/aromatic N) is 2. The summed E-state index contributed by atoms with van der Waals surface area (Å²) in [6.07, 6.45) is 6.19. The number of amides is 1. The Balaban J connectivity index is 1.33. The van der Waals surface area contributed by atoms with Gasteiger partial charge in [0.2, 0.25) is 0 Å². The van der Waals surface area contributed by atoms with Gasteiger partial charge in [-0.15, -0.1) is 0 Å². The van der Waals surface area contributed by atoms with Crippen LogP contribution < -0.4 is 0 Å². The molecule has 2 unspecified atom stereocenters. The van der Waals surface area contributed by atoms with Crippen LogP contribution in [0.5, 0.6) is 0 Å². The zero-order chi connectivity index (χ0) is 24.2. The van der Waals surface area contributed by atoms with Crippen molar-refractivity contribution in [1.29, 1.82) is 0 Å². The lowest BCUT2D eigenvalue weighted by molar-refractivity contribution is 0.0000843. The monoisotopic (exact) mass is 464 g/mol. The van der Waals surface area contributed by atoms with Crippen molar-refractivity contribution in [2.75, 3.05) is 0 Å². The summed E-state index contributed by atoms with van der Waals surface area (Å²) in [6.45, 7) is 5.81. The van der Waals surface area contributed by atoms with Gasteiger partial charge in [0.1, 0.15) is 5.60 Å². The highest BCUT2D eigenvalue weighted by atomic mass is 16.6. The van der Waals surface area contributed by atoms with Crippen LogP contribution in [-0.2, 0) is 4.74 Å². The standard InChI is InChI=1S/C31H32N2O2/c1-31(2,3)35-30(34)32-24-9-8-10-25(32)20-22(19-24)21-15-17-23(18-16-21)33-28-13-6-4-11-26(28)27-12-5-7-14-29(27)33/h4-7,11-19,24-25H,8-10,20H2,1-3H3. The van der Waals surface area contributed by atoms with E-state index in [1.165, 1.54) is 32.9 Å².